The normalized spacial score (nSPS) is 17.2. The fourth-order valence-electron chi connectivity index (χ4n) is 1.89. The summed E-state index contributed by atoms with van der Waals surface area (Å²) in [6.07, 6.45) is 4.78. The first-order valence-corrected chi connectivity index (χ1v) is 7.19. The van der Waals surface area contributed by atoms with Crippen LogP contribution in [0.4, 0.5) is 0 Å². The molecule has 0 aliphatic heterocycles. The molecule has 0 heterocycles. The summed E-state index contributed by atoms with van der Waals surface area (Å²) < 4.78 is 5.41. The van der Waals surface area contributed by atoms with E-state index in [1.165, 1.54) is 12.8 Å². The maximum Gasteiger partial charge on any atom is 0.188 e. The predicted molar refractivity (Wildman–Crippen MR) is 92.1 cm³/mol. The molecule has 0 aromatic carbocycles. The Labute approximate surface area is 135 Å². The highest BCUT2D eigenvalue weighted by Gasteiger charge is 2.41. The molecule has 1 rings (SSSR count). The molecule has 5 heteroatoms. The van der Waals surface area contributed by atoms with Crippen LogP contribution >= 0.6 is 24.0 Å². The zero-order valence-corrected chi connectivity index (χ0v) is 14.9. The second-order valence-corrected chi connectivity index (χ2v) is 5.76. The topological polar surface area (TPSA) is 59.6 Å². The summed E-state index contributed by atoms with van der Waals surface area (Å²) in [5.74, 6) is 1.30. The van der Waals surface area contributed by atoms with Crippen LogP contribution in [-0.4, -0.2) is 32.3 Å². The van der Waals surface area contributed by atoms with Gasteiger partial charge in [0.25, 0.3) is 0 Å². The molecular weight excluding hydrogens is 353 g/mol. The van der Waals surface area contributed by atoms with E-state index >= 15 is 0 Å². The van der Waals surface area contributed by atoms with Crippen molar-refractivity contribution in [3.8, 4) is 0 Å². The summed E-state index contributed by atoms with van der Waals surface area (Å²) in [4.78, 5) is 4.46. The maximum absolute atomic E-state index is 5.86. The molecule has 3 N–H and O–H groups in total. The van der Waals surface area contributed by atoms with Crippen LogP contribution in [0.15, 0.2) is 4.99 Å². The molecule has 0 saturated heterocycles. The van der Waals surface area contributed by atoms with E-state index in [0.29, 0.717) is 17.3 Å². The van der Waals surface area contributed by atoms with Gasteiger partial charge in [-0.15, -0.1) is 24.0 Å². The Morgan fingerprint density at radius 2 is 2.11 bits per heavy atom. The number of rotatable bonds is 9. The fourth-order valence-corrected chi connectivity index (χ4v) is 1.89. The highest BCUT2D eigenvalue weighted by atomic mass is 127. The number of nitrogens with two attached hydrogens (primary N) is 1. The molecule has 1 saturated carbocycles. The van der Waals surface area contributed by atoms with E-state index in [2.05, 4.69) is 24.2 Å². The zero-order chi connectivity index (χ0) is 13.4. The number of hydrogen-bond acceptors (Lipinski definition) is 2. The minimum absolute atomic E-state index is 0. The van der Waals surface area contributed by atoms with E-state index in [4.69, 9.17) is 10.5 Å². The third-order valence-corrected chi connectivity index (χ3v) is 3.55. The molecule has 114 valence electrons. The summed E-state index contributed by atoms with van der Waals surface area (Å²) in [5, 5.41) is 3.18. The number of guanidine groups is 1. The van der Waals surface area contributed by atoms with Crippen molar-refractivity contribution >= 4 is 29.9 Å². The molecule has 1 aliphatic rings. The minimum Gasteiger partial charge on any atom is -0.382 e. The highest BCUT2D eigenvalue weighted by Crippen LogP contribution is 2.48. The van der Waals surface area contributed by atoms with E-state index in [9.17, 15) is 0 Å². The number of aliphatic imine (C=N–C) groups is 1. The van der Waals surface area contributed by atoms with Crippen molar-refractivity contribution in [1.82, 2.24) is 5.32 Å². The summed E-state index contributed by atoms with van der Waals surface area (Å²) in [6, 6.07) is 0. The molecule has 0 atom stereocenters. The van der Waals surface area contributed by atoms with Crippen molar-refractivity contribution in [2.75, 3.05) is 26.3 Å². The molecule has 0 amide bonds. The number of hydrogen-bond donors (Lipinski definition) is 2. The summed E-state index contributed by atoms with van der Waals surface area (Å²) in [7, 11) is 0. The molecule has 0 bridgehead atoms. The monoisotopic (exact) mass is 383 g/mol. The summed E-state index contributed by atoms with van der Waals surface area (Å²) in [5.41, 5.74) is 6.25. The van der Waals surface area contributed by atoms with Crippen molar-refractivity contribution in [3.05, 3.63) is 0 Å². The van der Waals surface area contributed by atoms with E-state index in [1.54, 1.807) is 0 Å². The van der Waals surface area contributed by atoms with Crippen molar-refractivity contribution in [3.63, 3.8) is 0 Å². The van der Waals surface area contributed by atoms with Gasteiger partial charge in [-0.1, -0.05) is 13.8 Å². The van der Waals surface area contributed by atoms with Crippen molar-refractivity contribution in [1.29, 1.82) is 0 Å². The SMILES string of the molecule is CCOCCC1(CN=C(N)NCCC(C)C)CC1.I. The lowest BCUT2D eigenvalue weighted by Crippen LogP contribution is -2.33. The Balaban J connectivity index is 0.00000324. The molecule has 1 aliphatic carbocycles. The number of nitrogens with one attached hydrogen (secondary N) is 1. The lowest BCUT2D eigenvalue weighted by Gasteiger charge is -2.13. The van der Waals surface area contributed by atoms with E-state index in [-0.39, 0.29) is 24.0 Å². The number of nitrogens with zero attached hydrogens (tertiary/aromatic N) is 1. The van der Waals surface area contributed by atoms with Gasteiger partial charge >= 0.3 is 0 Å². The summed E-state index contributed by atoms with van der Waals surface area (Å²) >= 11 is 0. The molecule has 19 heavy (non-hydrogen) atoms. The molecule has 4 nitrogen and oxygen atoms in total. The smallest absolute Gasteiger partial charge is 0.188 e. The molecule has 1 fully saturated rings. The van der Waals surface area contributed by atoms with Gasteiger partial charge in [-0.05, 0) is 43.9 Å². The van der Waals surface area contributed by atoms with Gasteiger partial charge in [0.1, 0.15) is 0 Å². The Morgan fingerprint density at radius 1 is 1.42 bits per heavy atom. The molecule has 0 aromatic heterocycles. The Kier molecular flexibility index (Phi) is 9.78. The third kappa shape index (κ3) is 8.68. The maximum atomic E-state index is 5.86. The molecule has 0 radical (unpaired) electrons. The van der Waals surface area contributed by atoms with Gasteiger partial charge in [-0.25, -0.2) is 0 Å². The van der Waals surface area contributed by atoms with Crippen LogP contribution in [0.25, 0.3) is 0 Å². The van der Waals surface area contributed by atoms with Crippen LogP contribution in [-0.2, 0) is 4.74 Å². The van der Waals surface area contributed by atoms with Crippen molar-refractivity contribution < 1.29 is 4.74 Å². The van der Waals surface area contributed by atoms with Crippen molar-refractivity contribution in [2.24, 2.45) is 22.1 Å². The molecule has 0 unspecified atom stereocenters. The third-order valence-electron chi connectivity index (χ3n) is 3.55. The number of halogens is 1. The first-order valence-electron chi connectivity index (χ1n) is 7.19. The van der Waals surface area contributed by atoms with Gasteiger partial charge < -0.3 is 15.8 Å². The van der Waals surface area contributed by atoms with Crippen LogP contribution < -0.4 is 11.1 Å². The first kappa shape index (κ1) is 19.0. The van der Waals surface area contributed by atoms with Crippen LogP contribution in [0, 0.1) is 11.3 Å². The van der Waals surface area contributed by atoms with E-state index < -0.39 is 0 Å². The van der Waals surface area contributed by atoms with Crippen molar-refractivity contribution in [2.45, 2.75) is 46.5 Å². The van der Waals surface area contributed by atoms with Gasteiger partial charge in [0.2, 0.25) is 0 Å². The second-order valence-electron chi connectivity index (χ2n) is 5.76. The summed E-state index contributed by atoms with van der Waals surface area (Å²) in [6.45, 7) is 9.88. The average molecular weight is 383 g/mol. The quantitative estimate of drug-likeness (QED) is 0.279. The minimum atomic E-state index is 0. The van der Waals surface area contributed by atoms with Crippen LogP contribution in [0.1, 0.15) is 46.5 Å². The second kappa shape index (κ2) is 9.80. The van der Waals surface area contributed by atoms with Crippen LogP contribution in [0.5, 0.6) is 0 Å². The van der Waals surface area contributed by atoms with Gasteiger partial charge in [-0.3, -0.25) is 4.99 Å². The lowest BCUT2D eigenvalue weighted by atomic mass is 10.0. The van der Waals surface area contributed by atoms with E-state index in [0.717, 1.165) is 39.1 Å². The van der Waals surface area contributed by atoms with Crippen LogP contribution in [0.3, 0.4) is 0 Å². The Bertz CT molecular complexity index is 265. The highest BCUT2D eigenvalue weighted by molar-refractivity contribution is 14.0. The zero-order valence-electron chi connectivity index (χ0n) is 12.6. The van der Waals surface area contributed by atoms with Gasteiger partial charge in [0.15, 0.2) is 5.96 Å². The molecule has 0 spiro atoms. The Hall–Kier alpha value is -0.0400. The van der Waals surface area contributed by atoms with Gasteiger partial charge in [0.05, 0.1) is 0 Å². The largest absolute Gasteiger partial charge is 0.382 e. The Morgan fingerprint density at radius 3 is 2.63 bits per heavy atom. The van der Waals surface area contributed by atoms with Gasteiger partial charge in [0, 0.05) is 26.3 Å². The van der Waals surface area contributed by atoms with E-state index in [1.807, 2.05) is 6.92 Å². The molecule has 0 aromatic rings. The average Bonchev–Trinajstić information content (AvgIpc) is 3.07. The van der Waals surface area contributed by atoms with Gasteiger partial charge in [-0.2, -0.15) is 0 Å². The number of ether oxygens (including phenoxy) is 1. The lowest BCUT2D eigenvalue weighted by molar-refractivity contribution is 0.129. The fraction of sp³-hybridized carbons (Fsp3) is 0.929. The molecular formula is C14H30IN3O. The first-order chi connectivity index (χ1) is 8.58. The van der Waals surface area contributed by atoms with Crippen LogP contribution in [0.2, 0.25) is 0 Å². The standard InChI is InChI=1S/C14H29N3O.HI/c1-4-18-10-8-14(6-7-14)11-17-13(15)16-9-5-12(2)3;/h12H,4-11H2,1-3H3,(H3,15,16,17);1H. The predicted octanol–water partition coefficient (Wildman–Crippen LogP) is 2.76.